The molecule has 0 saturated carbocycles. The quantitative estimate of drug-likeness (QED) is 0.716. The fraction of sp³-hybridized carbons (Fsp3) is 0.611. The highest BCUT2D eigenvalue weighted by Crippen LogP contribution is 2.27. The molecule has 24 heavy (non-hydrogen) atoms. The standard InChI is InChI=1S/C18H26BrN3OS/c1-24-21-17-9-11-22(18-4-2-3-10-20-18)12-14(17)13-23-16-7-5-15(19)6-8-16/h2-5,10,14,16-17,21H,6-9,11-13H2,1H3/t14-,16?,17-/m0/s1. The van der Waals surface area contributed by atoms with Crippen molar-refractivity contribution in [1.82, 2.24) is 9.71 Å². The van der Waals surface area contributed by atoms with Gasteiger partial charge in [0.25, 0.3) is 0 Å². The molecular formula is C18H26BrN3OS. The average Bonchev–Trinajstić information content (AvgIpc) is 2.63. The van der Waals surface area contributed by atoms with Gasteiger partial charge < -0.3 is 9.64 Å². The van der Waals surface area contributed by atoms with E-state index in [9.17, 15) is 0 Å². The Morgan fingerprint density at radius 1 is 1.42 bits per heavy atom. The molecule has 1 fully saturated rings. The molecule has 2 aliphatic rings. The van der Waals surface area contributed by atoms with Crippen LogP contribution in [0.2, 0.25) is 0 Å². The van der Waals surface area contributed by atoms with Crippen molar-refractivity contribution < 1.29 is 4.74 Å². The molecule has 6 heteroatoms. The minimum Gasteiger partial charge on any atom is -0.377 e. The molecule has 0 bridgehead atoms. The largest absolute Gasteiger partial charge is 0.377 e. The minimum absolute atomic E-state index is 0.367. The summed E-state index contributed by atoms with van der Waals surface area (Å²) in [6.45, 7) is 2.87. The van der Waals surface area contributed by atoms with E-state index in [0.29, 0.717) is 18.1 Å². The Morgan fingerprint density at radius 3 is 3.04 bits per heavy atom. The Balaban J connectivity index is 1.58. The van der Waals surface area contributed by atoms with E-state index in [2.05, 4.69) is 55.0 Å². The number of aromatic nitrogens is 1. The lowest BCUT2D eigenvalue weighted by molar-refractivity contribution is 0.0158. The van der Waals surface area contributed by atoms with Crippen LogP contribution < -0.4 is 9.62 Å². The molecule has 0 spiro atoms. The molecule has 3 atom stereocenters. The van der Waals surface area contributed by atoms with Gasteiger partial charge in [-0.15, -0.1) is 0 Å². The topological polar surface area (TPSA) is 37.4 Å². The summed E-state index contributed by atoms with van der Waals surface area (Å²) in [6.07, 6.45) is 11.0. The van der Waals surface area contributed by atoms with Gasteiger partial charge in [-0.2, -0.15) is 0 Å². The first-order valence-electron chi connectivity index (χ1n) is 8.67. The monoisotopic (exact) mass is 411 g/mol. The number of anilines is 1. The lowest BCUT2D eigenvalue weighted by Gasteiger charge is -2.39. The summed E-state index contributed by atoms with van der Waals surface area (Å²) in [5, 5.41) is 0. The Labute approximate surface area is 157 Å². The van der Waals surface area contributed by atoms with E-state index in [0.717, 1.165) is 51.2 Å². The van der Waals surface area contributed by atoms with Gasteiger partial charge in [0.05, 0.1) is 12.7 Å². The van der Waals surface area contributed by atoms with Gasteiger partial charge in [0.2, 0.25) is 0 Å². The number of allylic oxidation sites excluding steroid dienone is 1. The van der Waals surface area contributed by atoms with Gasteiger partial charge in [0, 0.05) is 31.2 Å². The van der Waals surface area contributed by atoms with E-state index >= 15 is 0 Å². The van der Waals surface area contributed by atoms with Crippen LogP contribution in [0.25, 0.3) is 0 Å². The number of piperidine rings is 1. The number of hydrogen-bond acceptors (Lipinski definition) is 5. The van der Waals surface area contributed by atoms with Gasteiger partial charge in [-0.25, -0.2) is 4.98 Å². The average molecular weight is 412 g/mol. The molecule has 1 aliphatic carbocycles. The molecule has 1 aliphatic heterocycles. The number of rotatable bonds is 6. The van der Waals surface area contributed by atoms with Crippen molar-refractivity contribution in [3.63, 3.8) is 0 Å². The van der Waals surface area contributed by atoms with Crippen molar-refractivity contribution in [3.05, 3.63) is 35.0 Å². The Hall–Kier alpha value is -0.560. The SMILES string of the molecule is CSN[C@H]1CCN(c2ccccn2)C[C@H]1COC1CC=C(Br)CC1. The minimum atomic E-state index is 0.367. The molecule has 1 unspecified atom stereocenters. The molecule has 0 aromatic carbocycles. The molecule has 0 radical (unpaired) electrons. The van der Waals surface area contributed by atoms with Crippen LogP contribution in [0.15, 0.2) is 35.0 Å². The van der Waals surface area contributed by atoms with Crippen molar-refractivity contribution >= 4 is 33.7 Å². The first kappa shape index (κ1) is 18.2. The zero-order chi connectivity index (χ0) is 16.8. The molecule has 1 saturated heterocycles. The zero-order valence-corrected chi connectivity index (χ0v) is 16.6. The summed E-state index contributed by atoms with van der Waals surface area (Å²) in [4.78, 5) is 6.91. The van der Waals surface area contributed by atoms with Crippen LogP contribution in [0.3, 0.4) is 0 Å². The summed E-state index contributed by atoms with van der Waals surface area (Å²) in [7, 11) is 0. The molecule has 4 nitrogen and oxygen atoms in total. The maximum atomic E-state index is 6.27. The molecule has 1 aromatic rings. The van der Waals surface area contributed by atoms with Crippen LogP contribution in [-0.4, -0.2) is 43.1 Å². The lowest BCUT2D eigenvalue weighted by atomic mass is 9.93. The summed E-state index contributed by atoms with van der Waals surface area (Å²) in [5.41, 5.74) is 0. The smallest absolute Gasteiger partial charge is 0.128 e. The molecular weight excluding hydrogens is 386 g/mol. The van der Waals surface area contributed by atoms with Gasteiger partial charge >= 0.3 is 0 Å². The first-order chi connectivity index (χ1) is 11.8. The third-order valence-corrected chi connectivity index (χ3v) is 6.09. The summed E-state index contributed by atoms with van der Waals surface area (Å²) >= 11 is 5.30. The van der Waals surface area contributed by atoms with Gasteiger partial charge in [0.1, 0.15) is 5.82 Å². The second-order valence-electron chi connectivity index (χ2n) is 6.49. The number of halogens is 1. The highest BCUT2D eigenvalue weighted by molar-refractivity contribution is 9.11. The fourth-order valence-corrected chi connectivity index (χ4v) is 4.47. The van der Waals surface area contributed by atoms with Gasteiger partial charge in [0.15, 0.2) is 0 Å². The number of nitrogens with zero attached hydrogens (tertiary/aromatic N) is 2. The van der Waals surface area contributed by atoms with Crippen molar-refractivity contribution in [3.8, 4) is 0 Å². The van der Waals surface area contributed by atoms with Crippen LogP contribution in [0.4, 0.5) is 5.82 Å². The van der Waals surface area contributed by atoms with Crippen LogP contribution in [0, 0.1) is 5.92 Å². The number of hydrogen-bond donors (Lipinski definition) is 1. The van der Waals surface area contributed by atoms with E-state index < -0.39 is 0 Å². The van der Waals surface area contributed by atoms with E-state index in [1.54, 1.807) is 11.9 Å². The van der Waals surface area contributed by atoms with E-state index in [4.69, 9.17) is 4.74 Å². The molecule has 3 rings (SSSR count). The summed E-state index contributed by atoms with van der Waals surface area (Å²) < 4.78 is 11.2. The predicted octanol–water partition coefficient (Wildman–Crippen LogP) is 3.99. The fourth-order valence-electron chi connectivity index (χ4n) is 3.45. The van der Waals surface area contributed by atoms with Crippen molar-refractivity contribution in [2.75, 3.05) is 30.9 Å². The third-order valence-electron chi connectivity index (χ3n) is 4.83. The van der Waals surface area contributed by atoms with E-state index in [1.807, 2.05) is 12.3 Å². The molecule has 132 valence electrons. The van der Waals surface area contributed by atoms with Crippen LogP contribution in [-0.2, 0) is 4.74 Å². The Kier molecular flexibility index (Phi) is 7.01. The number of pyridine rings is 1. The highest BCUT2D eigenvalue weighted by atomic mass is 79.9. The van der Waals surface area contributed by atoms with Crippen molar-refractivity contribution in [2.24, 2.45) is 5.92 Å². The molecule has 1 N–H and O–H groups in total. The third kappa shape index (κ3) is 4.97. The zero-order valence-electron chi connectivity index (χ0n) is 14.2. The van der Waals surface area contributed by atoms with Gasteiger partial charge in [-0.1, -0.05) is 40.0 Å². The molecule has 0 amide bonds. The summed E-state index contributed by atoms with van der Waals surface area (Å²) in [6, 6.07) is 6.64. The predicted molar refractivity (Wildman–Crippen MR) is 106 cm³/mol. The number of nitrogens with one attached hydrogen (secondary N) is 1. The second-order valence-corrected chi connectivity index (χ2v) is 8.15. The summed E-state index contributed by atoms with van der Waals surface area (Å²) in [5.74, 6) is 1.57. The van der Waals surface area contributed by atoms with Crippen molar-refractivity contribution in [2.45, 2.75) is 37.8 Å². The normalized spacial score (nSPS) is 27.8. The van der Waals surface area contributed by atoms with E-state index in [1.165, 1.54) is 4.48 Å². The lowest BCUT2D eigenvalue weighted by Crippen LogP contribution is -2.50. The highest BCUT2D eigenvalue weighted by Gasteiger charge is 2.30. The first-order valence-corrected chi connectivity index (χ1v) is 10.7. The number of ether oxygens (including phenoxy) is 1. The Morgan fingerprint density at radius 2 is 2.33 bits per heavy atom. The van der Waals surface area contributed by atoms with Crippen molar-refractivity contribution in [1.29, 1.82) is 0 Å². The molecule has 2 heterocycles. The van der Waals surface area contributed by atoms with Crippen LogP contribution in [0.1, 0.15) is 25.7 Å². The maximum absolute atomic E-state index is 6.27. The van der Waals surface area contributed by atoms with Gasteiger partial charge in [-0.3, -0.25) is 4.72 Å². The maximum Gasteiger partial charge on any atom is 0.128 e. The van der Waals surface area contributed by atoms with Crippen LogP contribution >= 0.6 is 27.9 Å². The van der Waals surface area contributed by atoms with Gasteiger partial charge in [-0.05, 0) is 48.6 Å². The van der Waals surface area contributed by atoms with E-state index in [-0.39, 0.29) is 0 Å². The molecule has 1 aromatic heterocycles. The Bertz CT molecular complexity index is 542. The van der Waals surface area contributed by atoms with Crippen LogP contribution in [0.5, 0.6) is 0 Å². The second kappa shape index (κ2) is 9.22.